The first-order valence-electron chi connectivity index (χ1n) is 7.66. The Hall–Kier alpha value is -1.60. The van der Waals surface area contributed by atoms with Gasteiger partial charge in [-0.2, -0.15) is 0 Å². The summed E-state index contributed by atoms with van der Waals surface area (Å²) in [6, 6.07) is 9.86. The van der Waals surface area contributed by atoms with Crippen LogP contribution in [0.2, 0.25) is 0 Å². The maximum atomic E-state index is 12.8. The van der Waals surface area contributed by atoms with E-state index in [0.29, 0.717) is 25.4 Å². The van der Waals surface area contributed by atoms with E-state index in [4.69, 9.17) is 4.74 Å². The maximum Gasteiger partial charge on any atom is 0.317 e. The van der Waals surface area contributed by atoms with Crippen LogP contribution in [0.5, 0.6) is 5.75 Å². The Kier molecular flexibility index (Phi) is 7.52. The van der Waals surface area contributed by atoms with Gasteiger partial charge in [0.05, 0.1) is 16.9 Å². The highest BCUT2D eigenvalue weighted by molar-refractivity contribution is 9.11. The molecule has 130 valence electrons. The molecule has 2 rings (SSSR count). The summed E-state index contributed by atoms with van der Waals surface area (Å²) in [6.07, 6.45) is 1.64. The molecule has 0 aliphatic heterocycles. The van der Waals surface area contributed by atoms with Gasteiger partial charge in [0, 0.05) is 18.5 Å². The van der Waals surface area contributed by atoms with Crippen molar-refractivity contribution in [1.29, 1.82) is 0 Å². The first-order valence-corrected chi connectivity index (χ1v) is 9.27. The lowest BCUT2D eigenvalue weighted by molar-refractivity contribution is 0.206. The van der Waals surface area contributed by atoms with E-state index in [1.165, 1.54) is 12.1 Å². The Bertz CT molecular complexity index is 648. The number of nitrogens with zero attached hydrogens (tertiary/aromatic N) is 1. The second kappa shape index (κ2) is 9.64. The molecule has 2 amide bonds. The average Bonchev–Trinajstić information content (AvgIpc) is 2.97. The van der Waals surface area contributed by atoms with Crippen LogP contribution in [0.3, 0.4) is 0 Å². The van der Waals surface area contributed by atoms with E-state index in [9.17, 15) is 9.18 Å². The molecule has 0 atom stereocenters. The van der Waals surface area contributed by atoms with Gasteiger partial charge in [0.15, 0.2) is 0 Å². The van der Waals surface area contributed by atoms with Crippen LogP contribution in [0.25, 0.3) is 0 Å². The minimum Gasteiger partial charge on any atom is -0.494 e. The van der Waals surface area contributed by atoms with E-state index < -0.39 is 0 Å². The Morgan fingerprint density at radius 2 is 2.00 bits per heavy atom. The number of amides is 2. The highest BCUT2D eigenvalue weighted by atomic mass is 79.9. The molecule has 0 spiro atoms. The summed E-state index contributed by atoms with van der Waals surface area (Å²) in [7, 11) is 1.78. The molecule has 0 unspecified atom stereocenters. The van der Waals surface area contributed by atoms with Gasteiger partial charge >= 0.3 is 6.03 Å². The van der Waals surface area contributed by atoms with E-state index in [1.54, 1.807) is 35.4 Å². The van der Waals surface area contributed by atoms with Gasteiger partial charge in [-0.1, -0.05) is 0 Å². The lowest BCUT2D eigenvalue weighted by Crippen LogP contribution is -2.37. The van der Waals surface area contributed by atoms with Crippen LogP contribution in [0.1, 0.15) is 17.7 Å². The highest BCUT2D eigenvalue weighted by Crippen LogP contribution is 2.22. The molecule has 1 aromatic carbocycles. The minimum atomic E-state index is -0.274. The number of benzene rings is 1. The van der Waals surface area contributed by atoms with E-state index >= 15 is 0 Å². The molecule has 0 aliphatic rings. The van der Waals surface area contributed by atoms with Gasteiger partial charge in [-0.15, -0.1) is 11.3 Å². The van der Waals surface area contributed by atoms with Crippen molar-refractivity contribution in [2.45, 2.75) is 19.4 Å². The van der Waals surface area contributed by atoms with Crippen LogP contribution >= 0.6 is 27.3 Å². The number of thiophene rings is 1. The summed E-state index contributed by atoms with van der Waals surface area (Å²) in [4.78, 5) is 14.8. The van der Waals surface area contributed by atoms with Gasteiger partial charge in [0.2, 0.25) is 0 Å². The SMILES string of the molecule is CN(Cc1ccc(Br)s1)C(=O)NCCCCOc1ccc(F)cc1. The molecule has 24 heavy (non-hydrogen) atoms. The molecule has 7 heteroatoms. The molecule has 0 bridgehead atoms. The molecule has 1 N–H and O–H groups in total. The first kappa shape index (κ1) is 18.7. The molecular weight excluding hydrogens is 395 g/mol. The van der Waals surface area contributed by atoms with Crippen molar-refractivity contribution in [2.75, 3.05) is 20.2 Å². The van der Waals surface area contributed by atoms with E-state index in [-0.39, 0.29) is 11.8 Å². The second-order valence-corrected chi connectivity index (χ2v) is 7.85. The van der Waals surface area contributed by atoms with Crippen molar-refractivity contribution in [3.63, 3.8) is 0 Å². The number of ether oxygens (including phenoxy) is 1. The molecule has 0 saturated carbocycles. The first-order chi connectivity index (χ1) is 11.5. The van der Waals surface area contributed by atoms with Crippen LogP contribution in [0, 0.1) is 5.82 Å². The third-order valence-corrected chi connectivity index (χ3v) is 4.91. The Balaban J connectivity index is 1.56. The zero-order valence-corrected chi connectivity index (χ0v) is 15.8. The smallest absolute Gasteiger partial charge is 0.317 e. The Labute approximate surface area is 153 Å². The molecule has 4 nitrogen and oxygen atoms in total. The van der Waals surface area contributed by atoms with Crippen LogP contribution in [0.15, 0.2) is 40.2 Å². The van der Waals surface area contributed by atoms with Crippen LogP contribution in [0.4, 0.5) is 9.18 Å². The van der Waals surface area contributed by atoms with Gasteiger partial charge in [0.1, 0.15) is 11.6 Å². The Morgan fingerprint density at radius 1 is 1.25 bits per heavy atom. The minimum absolute atomic E-state index is 0.0843. The van der Waals surface area contributed by atoms with Gasteiger partial charge in [0.25, 0.3) is 0 Å². The molecule has 0 aliphatic carbocycles. The molecular formula is C17H20BrFN2O2S. The summed E-state index contributed by atoms with van der Waals surface area (Å²) in [5.74, 6) is 0.381. The zero-order chi connectivity index (χ0) is 17.4. The van der Waals surface area contributed by atoms with E-state index in [1.807, 2.05) is 12.1 Å². The van der Waals surface area contributed by atoms with Crippen LogP contribution in [-0.4, -0.2) is 31.1 Å². The van der Waals surface area contributed by atoms with Gasteiger partial charge < -0.3 is 15.0 Å². The molecule has 1 aromatic heterocycles. The molecule has 0 fully saturated rings. The predicted octanol–water partition coefficient (Wildman–Crippen LogP) is 4.65. The monoisotopic (exact) mass is 414 g/mol. The Morgan fingerprint density at radius 3 is 2.67 bits per heavy atom. The summed E-state index contributed by atoms with van der Waals surface area (Å²) in [5.41, 5.74) is 0. The average molecular weight is 415 g/mol. The number of carbonyl (C=O) groups is 1. The van der Waals surface area contributed by atoms with Crippen molar-refractivity contribution < 1.29 is 13.9 Å². The number of halogens is 2. The van der Waals surface area contributed by atoms with Gasteiger partial charge in [-0.3, -0.25) is 0 Å². The fourth-order valence-corrected chi connectivity index (χ4v) is 3.56. The summed E-state index contributed by atoms with van der Waals surface area (Å²) >= 11 is 5.04. The summed E-state index contributed by atoms with van der Waals surface area (Å²) in [6.45, 7) is 1.74. The molecule has 2 aromatic rings. The van der Waals surface area contributed by atoms with Crippen molar-refractivity contribution in [3.8, 4) is 5.75 Å². The number of urea groups is 1. The third kappa shape index (κ3) is 6.49. The largest absolute Gasteiger partial charge is 0.494 e. The van der Waals surface area contributed by atoms with Crippen molar-refractivity contribution in [3.05, 3.63) is 50.9 Å². The van der Waals surface area contributed by atoms with E-state index in [2.05, 4.69) is 21.2 Å². The molecule has 0 radical (unpaired) electrons. The zero-order valence-electron chi connectivity index (χ0n) is 13.4. The maximum absolute atomic E-state index is 12.8. The second-order valence-electron chi connectivity index (χ2n) is 5.30. The summed E-state index contributed by atoms with van der Waals surface area (Å²) in [5, 5.41) is 2.89. The lowest BCUT2D eigenvalue weighted by Gasteiger charge is -2.17. The molecule has 0 saturated heterocycles. The quantitative estimate of drug-likeness (QED) is 0.638. The lowest BCUT2D eigenvalue weighted by atomic mass is 10.3. The highest BCUT2D eigenvalue weighted by Gasteiger charge is 2.09. The van der Waals surface area contributed by atoms with Crippen molar-refractivity contribution in [2.24, 2.45) is 0 Å². The van der Waals surface area contributed by atoms with Gasteiger partial charge in [-0.05, 0) is 65.2 Å². The van der Waals surface area contributed by atoms with Crippen LogP contribution in [-0.2, 0) is 6.54 Å². The number of rotatable bonds is 8. The number of hydrogen-bond acceptors (Lipinski definition) is 3. The van der Waals surface area contributed by atoms with Crippen LogP contribution < -0.4 is 10.1 Å². The van der Waals surface area contributed by atoms with E-state index in [0.717, 1.165) is 21.5 Å². The molecule has 1 heterocycles. The number of carbonyl (C=O) groups excluding carboxylic acids is 1. The third-order valence-electron chi connectivity index (χ3n) is 3.30. The number of hydrogen-bond donors (Lipinski definition) is 1. The van der Waals surface area contributed by atoms with Crippen molar-refractivity contribution in [1.82, 2.24) is 10.2 Å². The normalized spacial score (nSPS) is 10.5. The number of nitrogens with one attached hydrogen (secondary N) is 1. The standard InChI is InChI=1S/C17H20BrFN2O2S/c1-21(12-15-8-9-16(18)24-15)17(22)20-10-2-3-11-23-14-6-4-13(19)5-7-14/h4-9H,2-3,10-12H2,1H3,(H,20,22). The van der Waals surface area contributed by atoms with Gasteiger partial charge in [-0.25, -0.2) is 9.18 Å². The van der Waals surface area contributed by atoms with Crippen molar-refractivity contribution >= 4 is 33.3 Å². The topological polar surface area (TPSA) is 41.6 Å². The summed E-state index contributed by atoms with van der Waals surface area (Å²) < 4.78 is 19.3. The number of unbranched alkanes of at least 4 members (excludes halogenated alkanes) is 1. The fraction of sp³-hybridized carbons (Fsp3) is 0.353. The fourth-order valence-electron chi connectivity index (χ4n) is 2.02. The predicted molar refractivity (Wildman–Crippen MR) is 98.0 cm³/mol.